The first-order chi connectivity index (χ1) is 10.3. The maximum atomic E-state index is 5.44. The van der Waals surface area contributed by atoms with E-state index in [2.05, 4.69) is 10.3 Å². The monoisotopic (exact) mass is 283 g/mol. The fourth-order valence-corrected chi connectivity index (χ4v) is 2.97. The van der Waals surface area contributed by atoms with Crippen molar-refractivity contribution in [3.05, 3.63) is 29.5 Å². The van der Waals surface area contributed by atoms with Crippen LogP contribution < -0.4 is 14.8 Å². The molecule has 1 aliphatic carbocycles. The zero-order chi connectivity index (χ0) is 14.2. The molecule has 0 bridgehead atoms. The summed E-state index contributed by atoms with van der Waals surface area (Å²) < 4.78 is 10.8. The van der Waals surface area contributed by atoms with Gasteiger partial charge in [0.2, 0.25) is 6.79 Å². The van der Waals surface area contributed by atoms with Gasteiger partial charge in [0.1, 0.15) is 5.82 Å². The highest BCUT2D eigenvalue weighted by atomic mass is 16.7. The molecule has 1 aromatic carbocycles. The van der Waals surface area contributed by atoms with Crippen LogP contribution in [-0.2, 0) is 12.8 Å². The molecule has 1 aromatic heterocycles. The molecule has 0 fully saturated rings. The molecule has 4 rings (SSSR count). The molecule has 0 saturated heterocycles. The molecular formula is C16H17N3O2. The average Bonchev–Trinajstić information content (AvgIpc) is 3.01. The number of fused-ring (bicyclic) bond motifs is 2. The predicted octanol–water partition coefficient (Wildman–Crippen LogP) is 2.79. The first-order valence-electron chi connectivity index (χ1n) is 7.33. The number of ether oxygens (including phenoxy) is 2. The third-order valence-corrected chi connectivity index (χ3v) is 4.05. The van der Waals surface area contributed by atoms with Crippen LogP contribution in [0.2, 0.25) is 0 Å². The van der Waals surface area contributed by atoms with Gasteiger partial charge in [-0.1, -0.05) is 0 Å². The summed E-state index contributed by atoms with van der Waals surface area (Å²) in [5.41, 5.74) is 3.41. The molecule has 2 aliphatic rings. The van der Waals surface area contributed by atoms with E-state index in [1.165, 1.54) is 24.1 Å². The van der Waals surface area contributed by atoms with Crippen LogP contribution in [0.5, 0.6) is 11.5 Å². The zero-order valence-corrected chi connectivity index (χ0v) is 12.0. The van der Waals surface area contributed by atoms with Gasteiger partial charge in [0.05, 0.1) is 0 Å². The van der Waals surface area contributed by atoms with Gasteiger partial charge in [-0.3, -0.25) is 0 Å². The minimum Gasteiger partial charge on any atom is -0.454 e. The third kappa shape index (κ3) is 2.09. The van der Waals surface area contributed by atoms with E-state index in [-0.39, 0.29) is 6.79 Å². The number of benzene rings is 1. The summed E-state index contributed by atoms with van der Waals surface area (Å²) in [6.07, 6.45) is 4.51. The van der Waals surface area contributed by atoms with E-state index < -0.39 is 0 Å². The van der Waals surface area contributed by atoms with Crippen molar-refractivity contribution in [2.75, 3.05) is 19.2 Å². The Bertz CT molecular complexity index is 683. The van der Waals surface area contributed by atoms with Crippen LogP contribution in [0.15, 0.2) is 18.2 Å². The molecule has 0 unspecified atom stereocenters. The Morgan fingerprint density at radius 1 is 1.05 bits per heavy atom. The topological polar surface area (TPSA) is 56.3 Å². The zero-order valence-electron chi connectivity index (χ0n) is 12.0. The molecule has 0 radical (unpaired) electrons. The van der Waals surface area contributed by atoms with Crippen LogP contribution in [0, 0.1) is 0 Å². The molecule has 108 valence electrons. The fourth-order valence-electron chi connectivity index (χ4n) is 2.97. The van der Waals surface area contributed by atoms with E-state index in [9.17, 15) is 0 Å². The number of rotatable bonds is 2. The summed E-state index contributed by atoms with van der Waals surface area (Å²) in [4.78, 5) is 9.45. The van der Waals surface area contributed by atoms with E-state index in [1.54, 1.807) is 0 Å². The Balaban J connectivity index is 1.81. The van der Waals surface area contributed by atoms with Gasteiger partial charge in [-0.25, -0.2) is 9.97 Å². The Labute approximate surface area is 123 Å². The van der Waals surface area contributed by atoms with E-state index in [0.717, 1.165) is 41.5 Å². The Hall–Kier alpha value is -2.30. The first-order valence-corrected chi connectivity index (χ1v) is 7.33. The van der Waals surface area contributed by atoms with Crippen molar-refractivity contribution in [1.82, 2.24) is 9.97 Å². The summed E-state index contributed by atoms with van der Waals surface area (Å²) in [5.74, 6) is 3.25. The van der Waals surface area contributed by atoms with Crippen molar-refractivity contribution in [1.29, 1.82) is 0 Å². The minimum absolute atomic E-state index is 0.283. The number of hydrogen-bond donors (Lipinski definition) is 1. The van der Waals surface area contributed by atoms with Crippen LogP contribution in [0.25, 0.3) is 11.4 Å². The van der Waals surface area contributed by atoms with E-state index >= 15 is 0 Å². The lowest BCUT2D eigenvalue weighted by atomic mass is 9.96. The molecule has 0 saturated carbocycles. The largest absolute Gasteiger partial charge is 0.454 e. The maximum absolute atomic E-state index is 5.44. The van der Waals surface area contributed by atoms with Crippen molar-refractivity contribution in [3.8, 4) is 22.9 Å². The minimum atomic E-state index is 0.283. The lowest BCUT2D eigenvalue weighted by molar-refractivity contribution is 0.174. The van der Waals surface area contributed by atoms with Gasteiger partial charge in [0.15, 0.2) is 17.3 Å². The normalized spacial score (nSPS) is 15.7. The first kappa shape index (κ1) is 12.4. The van der Waals surface area contributed by atoms with Gasteiger partial charge in [-0.15, -0.1) is 0 Å². The second-order valence-electron chi connectivity index (χ2n) is 5.35. The van der Waals surface area contributed by atoms with Gasteiger partial charge in [0, 0.05) is 23.9 Å². The highest BCUT2D eigenvalue weighted by molar-refractivity contribution is 5.64. The van der Waals surface area contributed by atoms with Gasteiger partial charge in [0.25, 0.3) is 0 Å². The molecule has 0 amide bonds. The molecule has 5 nitrogen and oxygen atoms in total. The fraction of sp³-hybridized carbons (Fsp3) is 0.375. The second kappa shape index (κ2) is 4.91. The van der Waals surface area contributed by atoms with Crippen molar-refractivity contribution in [3.63, 3.8) is 0 Å². The number of aromatic nitrogens is 2. The summed E-state index contributed by atoms with van der Waals surface area (Å²) in [7, 11) is 1.92. The van der Waals surface area contributed by atoms with E-state index in [0.29, 0.717) is 0 Å². The van der Waals surface area contributed by atoms with Gasteiger partial charge < -0.3 is 14.8 Å². The van der Waals surface area contributed by atoms with Crippen molar-refractivity contribution < 1.29 is 9.47 Å². The molecule has 0 atom stereocenters. The SMILES string of the molecule is CNc1nc(-c2ccc3c(c2)OCO3)nc2c1CCCC2. The Morgan fingerprint density at radius 3 is 2.81 bits per heavy atom. The number of nitrogens with one attached hydrogen (secondary N) is 1. The number of nitrogens with zero attached hydrogens (tertiary/aromatic N) is 2. The van der Waals surface area contributed by atoms with Gasteiger partial charge >= 0.3 is 0 Å². The number of anilines is 1. The van der Waals surface area contributed by atoms with Crippen molar-refractivity contribution in [2.24, 2.45) is 0 Å². The van der Waals surface area contributed by atoms with E-state index in [4.69, 9.17) is 14.5 Å². The van der Waals surface area contributed by atoms with Crippen LogP contribution in [0.1, 0.15) is 24.1 Å². The quantitative estimate of drug-likeness (QED) is 0.918. The smallest absolute Gasteiger partial charge is 0.231 e. The molecule has 2 heterocycles. The van der Waals surface area contributed by atoms with Crippen LogP contribution in [-0.4, -0.2) is 23.8 Å². The summed E-state index contributed by atoms with van der Waals surface area (Å²) in [5, 5.41) is 3.21. The predicted molar refractivity (Wildman–Crippen MR) is 79.8 cm³/mol. The molecule has 2 aromatic rings. The number of hydrogen-bond acceptors (Lipinski definition) is 5. The van der Waals surface area contributed by atoms with Crippen LogP contribution >= 0.6 is 0 Å². The van der Waals surface area contributed by atoms with E-state index in [1.807, 2.05) is 25.2 Å². The third-order valence-electron chi connectivity index (χ3n) is 4.05. The van der Waals surface area contributed by atoms with Gasteiger partial charge in [-0.2, -0.15) is 0 Å². The molecule has 21 heavy (non-hydrogen) atoms. The van der Waals surface area contributed by atoms with Crippen LogP contribution in [0.3, 0.4) is 0 Å². The van der Waals surface area contributed by atoms with Crippen molar-refractivity contribution in [2.45, 2.75) is 25.7 Å². The molecule has 5 heteroatoms. The second-order valence-corrected chi connectivity index (χ2v) is 5.35. The number of aryl methyl sites for hydroxylation is 1. The van der Waals surface area contributed by atoms with Crippen LogP contribution in [0.4, 0.5) is 5.82 Å². The molecular weight excluding hydrogens is 266 g/mol. The summed E-state index contributed by atoms with van der Waals surface area (Å²) >= 11 is 0. The lowest BCUT2D eigenvalue weighted by Gasteiger charge is -2.18. The van der Waals surface area contributed by atoms with Crippen molar-refractivity contribution >= 4 is 5.82 Å². The maximum Gasteiger partial charge on any atom is 0.231 e. The standard InChI is InChI=1S/C16H17N3O2/c1-17-16-11-4-2-3-5-12(11)18-15(19-16)10-6-7-13-14(8-10)21-9-20-13/h6-8H,2-5,9H2,1H3,(H,17,18,19). The Kier molecular flexibility index (Phi) is 2.91. The lowest BCUT2D eigenvalue weighted by Crippen LogP contribution is -2.11. The highest BCUT2D eigenvalue weighted by Gasteiger charge is 2.19. The molecule has 1 N–H and O–H groups in total. The highest BCUT2D eigenvalue weighted by Crippen LogP contribution is 2.36. The average molecular weight is 283 g/mol. The summed E-state index contributed by atoms with van der Waals surface area (Å²) in [6, 6.07) is 5.85. The molecule has 0 spiro atoms. The summed E-state index contributed by atoms with van der Waals surface area (Å²) in [6.45, 7) is 0.283. The Morgan fingerprint density at radius 2 is 1.90 bits per heavy atom. The van der Waals surface area contributed by atoms with Gasteiger partial charge in [-0.05, 0) is 43.9 Å². The molecule has 1 aliphatic heterocycles.